The Morgan fingerprint density at radius 3 is 2.71 bits per heavy atom. The van der Waals surface area contributed by atoms with E-state index in [1.54, 1.807) is 12.5 Å². The molecule has 0 unspecified atom stereocenters. The molecule has 2 rings (SSSR count). The minimum absolute atomic E-state index is 0. The molecule has 2 aromatic rings. The van der Waals surface area contributed by atoms with Crippen LogP contribution in [0.2, 0.25) is 0 Å². The number of benzene rings is 1. The van der Waals surface area contributed by atoms with E-state index >= 15 is 0 Å². The molecule has 1 aromatic carbocycles. The number of para-hydroxylation sites is 1. The summed E-state index contributed by atoms with van der Waals surface area (Å²) in [5, 5.41) is 6.03. The molecule has 2 N–H and O–H groups in total. The van der Waals surface area contributed by atoms with Gasteiger partial charge in [-0.1, -0.05) is 18.2 Å². The number of nitrogens with one attached hydrogen (secondary N) is 2. The van der Waals surface area contributed by atoms with Crippen molar-refractivity contribution in [3.05, 3.63) is 48.5 Å². The Labute approximate surface area is 137 Å². The molecule has 0 spiro atoms. The zero-order valence-corrected chi connectivity index (χ0v) is 13.4. The summed E-state index contributed by atoms with van der Waals surface area (Å²) in [5.41, 5.74) is 1.95. The van der Waals surface area contributed by atoms with E-state index in [2.05, 4.69) is 15.6 Å². The molecule has 0 saturated carbocycles. The molecule has 0 atom stereocenters. The first-order valence-corrected chi connectivity index (χ1v) is 6.27. The van der Waals surface area contributed by atoms with Gasteiger partial charge in [0.2, 0.25) is 5.91 Å². The molecule has 5 nitrogen and oxygen atoms in total. The molecule has 1 heterocycles. The average molecular weight is 331 g/mol. The number of carbonyl (C=O) groups excluding carboxylic acids is 1. The summed E-state index contributed by atoms with van der Waals surface area (Å²) in [5.74, 6) is 0.0113. The fourth-order valence-corrected chi connectivity index (χ4v) is 1.85. The van der Waals surface area contributed by atoms with E-state index in [1.165, 1.54) is 0 Å². The number of aryl methyl sites for hydroxylation is 1. The third kappa shape index (κ3) is 6.16. The first kappa shape index (κ1) is 19.4. The normalized spacial score (nSPS) is 9.38. The molecule has 0 radical (unpaired) electrons. The van der Waals surface area contributed by atoms with Gasteiger partial charge < -0.3 is 15.2 Å². The molecule has 7 heteroatoms. The highest BCUT2D eigenvalue weighted by atomic mass is 35.5. The van der Waals surface area contributed by atoms with Gasteiger partial charge in [-0.2, -0.15) is 0 Å². The second-order valence-corrected chi connectivity index (χ2v) is 4.29. The zero-order valence-electron chi connectivity index (χ0n) is 11.8. The number of amides is 1. The van der Waals surface area contributed by atoms with Gasteiger partial charge in [0, 0.05) is 37.6 Å². The smallest absolute Gasteiger partial charge is 0.226 e. The summed E-state index contributed by atoms with van der Waals surface area (Å²) in [6.07, 6.45) is 5.70. The molecule has 116 valence electrons. The number of rotatable bonds is 6. The Balaban J connectivity index is 0.00000200. The van der Waals surface area contributed by atoms with E-state index in [4.69, 9.17) is 0 Å². The van der Waals surface area contributed by atoms with Gasteiger partial charge >= 0.3 is 0 Å². The van der Waals surface area contributed by atoms with Crippen LogP contribution in [0.15, 0.2) is 43.0 Å². The summed E-state index contributed by atoms with van der Waals surface area (Å²) in [7, 11) is 1.89. The molecular formula is C14H20Cl2N4O. The lowest BCUT2D eigenvalue weighted by molar-refractivity contribution is -0.116. The quantitative estimate of drug-likeness (QED) is 0.855. The summed E-state index contributed by atoms with van der Waals surface area (Å²) in [4.78, 5) is 15.8. The number of nitrogens with zero attached hydrogens (tertiary/aromatic N) is 2. The van der Waals surface area contributed by atoms with Crippen LogP contribution < -0.4 is 10.6 Å². The SMILES string of the molecule is CNCc1ccccc1NC(=O)CCn1ccnc1.Cl.Cl. The second kappa shape index (κ2) is 10.2. The van der Waals surface area contributed by atoms with E-state index in [-0.39, 0.29) is 30.7 Å². The summed E-state index contributed by atoms with van der Waals surface area (Å²) >= 11 is 0. The van der Waals surface area contributed by atoms with Crippen molar-refractivity contribution in [3.63, 3.8) is 0 Å². The number of hydrogen-bond acceptors (Lipinski definition) is 3. The monoisotopic (exact) mass is 330 g/mol. The largest absolute Gasteiger partial charge is 0.337 e. The van der Waals surface area contributed by atoms with Crippen LogP contribution in [0, 0.1) is 0 Å². The van der Waals surface area contributed by atoms with E-state index < -0.39 is 0 Å². The molecule has 1 amide bonds. The number of imidazole rings is 1. The predicted molar refractivity (Wildman–Crippen MR) is 89.2 cm³/mol. The van der Waals surface area contributed by atoms with E-state index in [0.717, 1.165) is 17.8 Å². The van der Waals surface area contributed by atoms with Crippen molar-refractivity contribution in [2.24, 2.45) is 0 Å². The summed E-state index contributed by atoms with van der Waals surface area (Å²) in [6, 6.07) is 7.81. The second-order valence-electron chi connectivity index (χ2n) is 4.29. The maximum absolute atomic E-state index is 11.9. The lowest BCUT2D eigenvalue weighted by Crippen LogP contribution is -2.16. The maximum atomic E-state index is 11.9. The van der Waals surface area contributed by atoms with E-state index in [1.807, 2.05) is 42.1 Å². The van der Waals surface area contributed by atoms with E-state index in [9.17, 15) is 4.79 Å². The minimum Gasteiger partial charge on any atom is -0.337 e. The third-order valence-electron chi connectivity index (χ3n) is 2.81. The van der Waals surface area contributed by atoms with Gasteiger partial charge in [0.1, 0.15) is 0 Å². The van der Waals surface area contributed by atoms with Crippen LogP contribution in [0.4, 0.5) is 5.69 Å². The standard InChI is InChI=1S/C14H18N4O.2ClH/c1-15-10-12-4-2-3-5-13(12)17-14(19)6-8-18-9-7-16-11-18;;/h2-5,7,9,11,15H,6,8,10H2,1H3,(H,17,19);2*1H. The molecule has 0 bridgehead atoms. The van der Waals surface area contributed by atoms with Gasteiger partial charge in [-0.15, -0.1) is 24.8 Å². The van der Waals surface area contributed by atoms with Crippen molar-refractivity contribution in [1.29, 1.82) is 0 Å². The fraction of sp³-hybridized carbons (Fsp3) is 0.286. The van der Waals surface area contributed by atoms with Gasteiger partial charge in [-0.3, -0.25) is 4.79 Å². The highest BCUT2D eigenvalue weighted by molar-refractivity contribution is 5.91. The third-order valence-corrected chi connectivity index (χ3v) is 2.81. The fourth-order valence-electron chi connectivity index (χ4n) is 1.85. The number of anilines is 1. The summed E-state index contributed by atoms with van der Waals surface area (Å²) in [6.45, 7) is 1.37. The van der Waals surface area contributed by atoms with Crippen molar-refractivity contribution in [2.75, 3.05) is 12.4 Å². The lowest BCUT2D eigenvalue weighted by atomic mass is 10.1. The van der Waals surface area contributed by atoms with Crippen LogP contribution in [-0.4, -0.2) is 22.5 Å². The highest BCUT2D eigenvalue weighted by Gasteiger charge is 2.06. The Morgan fingerprint density at radius 2 is 2.05 bits per heavy atom. The van der Waals surface area contributed by atoms with E-state index in [0.29, 0.717) is 13.0 Å². The van der Waals surface area contributed by atoms with Gasteiger partial charge in [0.15, 0.2) is 0 Å². The van der Waals surface area contributed by atoms with Gasteiger partial charge in [-0.25, -0.2) is 4.98 Å². The predicted octanol–water partition coefficient (Wildman–Crippen LogP) is 2.47. The van der Waals surface area contributed by atoms with Crippen molar-refractivity contribution in [3.8, 4) is 0 Å². The zero-order chi connectivity index (χ0) is 13.5. The summed E-state index contributed by atoms with van der Waals surface area (Å²) < 4.78 is 1.89. The molecule has 0 aliphatic carbocycles. The number of aromatic nitrogens is 2. The molecule has 0 fully saturated rings. The van der Waals surface area contributed by atoms with Crippen LogP contribution in [0.25, 0.3) is 0 Å². The Bertz CT molecular complexity index is 532. The maximum Gasteiger partial charge on any atom is 0.226 e. The average Bonchev–Trinajstić information content (AvgIpc) is 2.92. The topological polar surface area (TPSA) is 58.9 Å². The van der Waals surface area contributed by atoms with Crippen molar-refractivity contribution >= 4 is 36.4 Å². The minimum atomic E-state index is 0. The molecule has 0 aliphatic heterocycles. The molecule has 1 aromatic heterocycles. The highest BCUT2D eigenvalue weighted by Crippen LogP contribution is 2.14. The molecule has 0 aliphatic rings. The van der Waals surface area contributed by atoms with Crippen LogP contribution in [0.5, 0.6) is 0 Å². The van der Waals surface area contributed by atoms with Crippen molar-refractivity contribution in [1.82, 2.24) is 14.9 Å². The van der Waals surface area contributed by atoms with Gasteiger partial charge in [0.25, 0.3) is 0 Å². The Morgan fingerprint density at radius 1 is 1.29 bits per heavy atom. The first-order chi connectivity index (χ1) is 9.29. The van der Waals surface area contributed by atoms with Crippen LogP contribution in [0.1, 0.15) is 12.0 Å². The number of hydrogen-bond donors (Lipinski definition) is 2. The Kier molecular flexibility index (Phi) is 9.45. The number of carbonyl (C=O) groups is 1. The van der Waals surface area contributed by atoms with Gasteiger partial charge in [-0.05, 0) is 18.7 Å². The molecule has 0 saturated heterocycles. The van der Waals surface area contributed by atoms with Crippen LogP contribution in [-0.2, 0) is 17.9 Å². The Hall–Kier alpha value is -1.56. The molecule has 21 heavy (non-hydrogen) atoms. The number of halogens is 2. The lowest BCUT2D eigenvalue weighted by Gasteiger charge is -2.10. The van der Waals surface area contributed by atoms with Gasteiger partial charge in [0.05, 0.1) is 6.33 Å². The van der Waals surface area contributed by atoms with Crippen LogP contribution >= 0.6 is 24.8 Å². The van der Waals surface area contributed by atoms with Crippen molar-refractivity contribution < 1.29 is 4.79 Å². The molecular weight excluding hydrogens is 311 g/mol. The van der Waals surface area contributed by atoms with Crippen molar-refractivity contribution in [2.45, 2.75) is 19.5 Å². The van der Waals surface area contributed by atoms with Crippen LogP contribution in [0.3, 0.4) is 0 Å². The first-order valence-electron chi connectivity index (χ1n) is 6.27.